The molecular formula is C21H23N3O2. The lowest BCUT2D eigenvalue weighted by Crippen LogP contribution is -2.38. The highest BCUT2D eigenvalue weighted by Crippen LogP contribution is 2.25. The van der Waals surface area contributed by atoms with Gasteiger partial charge in [0.2, 0.25) is 0 Å². The second-order valence-corrected chi connectivity index (χ2v) is 6.60. The molecule has 0 aliphatic carbocycles. The van der Waals surface area contributed by atoms with E-state index in [2.05, 4.69) is 51.5 Å². The van der Waals surface area contributed by atoms with E-state index in [1.165, 1.54) is 0 Å². The van der Waals surface area contributed by atoms with Crippen LogP contribution in [0.15, 0.2) is 60.8 Å². The van der Waals surface area contributed by atoms with Crippen LogP contribution >= 0.6 is 0 Å². The molecule has 5 nitrogen and oxygen atoms in total. The van der Waals surface area contributed by atoms with E-state index in [-0.39, 0.29) is 0 Å². The fourth-order valence-electron chi connectivity index (χ4n) is 3.29. The highest BCUT2D eigenvalue weighted by Gasteiger charge is 2.16. The molecule has 26 heavy (non-hydrogen) atoms. The lowest BCUT2D eigenvalue weighted by atomic mass is 10.00. The van der Waals surface area contributed by atoms with E-state index < -0.39 is 6.10 Å². The van der Waals surface area contributed by atoms with Crippen LogP contribution in [0.5, 0.6) is 0 Å². The molecule has 0 saturated carbocycles. The molecule has 1 aliphatic rings. The number of hydrogen-bond acceptors (Lipinski definition) is 4. The largest absolute Gasteiger partial charge is 0.387 e. The third-order valence-electron chi connectivity index (χ3n) is 4.86. The summed E-state index contributed by atoms with van der Waals surface area (Å²) >= 11 is 0. The number of nitrogens with zero attached hydrogens (tertiary/aromatic N) is 2. The zero-order valence-electron chi connectivity index (χ0n) is 14.6. The van der Waals surface area contributed by atoms with Gasteiger partial charge in [0, 0.05) is 25.8 Å². The summed E-state index contributed by atoms with van der Waals surface area (Å²) in [6.07, 6.45) is 1.29. The standard InChI is InChI=1S/C21H23N3O2/c25-21(15-24-11-13-26-14-12-24)19-7-3-17(4-8-19)16-1-5-18(6-2-16)20-9-10-22-23-20/h1-10,21,25H,11-15H2,(H,22,23)/t21-/m1/s1. The molecule has 2 aromatic carbocycles. The van der Waals surface area contributed by atoms with E-state index >= 15 is 0 Å². The van der Waals surface area contributed by atoms with Crippen LogP contribution in [0.1, 0.15) is 11.7 Å². The van der Waals surface area contributed by atoms with Crippen LogP contribution in [-0.2, 0) is 4.74 Å². The predicted molar refractivity (Wildman–Crippen MR) is 102 cm³/mol. The van der Waals surface area contributed by atoms with Crippen molar-refractivity contribution < 1.29 is 9.84 Å². The molecule has 134 valence electrons. The fraction of sp³-hybridized carbons (Fsp3) is 0.286. The van der Waals surface area contributed by atoms with E-state index in [0.29, 0.717) is 6.54 Å². The first-order chi connectivity index (χ1) is 12.8. The molecule has 1 fully saturated rings. The van der Waals surface area contributed by atoms with Crippen LogP contribution in [-0.4, -0.2) is 53.1 Å². The van der Waals surface area contributed by atoms with Crippen LogP contribution in [0.4, 0.5) is 0 Å². The van der Waals surface area contributed by atoms with Crippen LogP contribution in [0.25, 0.3) is 22.4 Å². The summed E-state index contributed by atoms with van der Waals surface area (Å²) in [7, 11) is 0. The Morgan fingerprint density at radius 1 is 0.923 bits per heavy atom. The first kappa shape index (κ1) is 17.0. The van der Waals surface area contributed by atoms with Gasteiger partial charge in [-0.1, -0.05) is 48.5 Å². The molecule has 1 aromatic heterocycles. The summed E-state index contributed by atoms with van der Waals surface area (Å²) in [6.45, 7) is 3.93. The van der Waals surface area contributed by atoms with Crippen molar-refractivity contribution in [3.8, 4) is 22.4 Å². The van der Waals surface area contributed by atoms with Crippen LogP contribution in [0.2, 0.25) is 0 Å². The molecule has 1 saturated heterocycles. The van der Waals surface area contributed by atoms with Crippen LogP contribution in [0.3, 0.4) is 0 Å². The summed E-state index contributed by atoms with van der Waals surface area (Å²) in [4.78, 5) is 2.25. The molecular weight excluding hydrogens is 326 g/mol. The average Bonchev–Trinajstić information content (AvgIpc) is 3.24. The smallest absolute Gasteiger partial charge is 0.0916 e. The number of benzene rings is 2. The minimum absolute atomic E-state index is 0.468. The number of β-amino-alcohol motifs (C(OH)–C–C–N with tert-alkyl or cyclic N) is 1. The Bertz CT molecular complexity index is 807. The molecule has 5 heteroatoms. The SMILES string of the molecule is O[C@H](CN1CCOCC1)c1ccc(-c2ccc(-c3ccn[nH]3)cc2)cc1. The zero-order valence-corrected chi connectivity index (χ0v) is 14.6. The van der Waals surface area contributed by atoms with E-state index in [4.69, 9.17) is 4.74 Å². The minimum Gasteiger partial charge on any atom is -0.387 e. The highest BCUT2D eigenvalue weighted by molar-refractivity contribution is 5.68. The molecule has 2 heterocycles. The first-order valence-corrected chi connectivity index (χ1v) is 8.98. The number of hydrogen-bond donors (Lipinski definition) is 2. The summed E-state index contributed by atoms with van der Waals surface area (Å²) in [5.74, 6) is 0. The number of aliphatic hydroxyl groups excluding tert-OH is 1. The summed E-state index contributed by atoms with van der Waals surface area (Å²) in [6, 6.07) is 18.5. The Kier molecular flexibility index (Phi) is 5.11. The maximum atomic E-state index is 10.5. The van der Waals surface area contributed by atoms with Gasteiger partial charge in [0.05, 0.1) is 25.0 Å². The Hall–Kier alpha value is -2.47. The normalized spacial score (nSPS) is 16.5. The van der Waals surface area contributed by atoms with Crippen molar-refractivity contribution in [2.75, 3.05) is 32.8 Å². The lowest BCUT2D eigenvalue weighted by molar-refractivity contribution is 0.0143. The van der Waals surface area contributed by atoms with Gasteiger partial charge < -0.3 is 9.84 Å². The molecule has 2 N–H and O–H groups in total. The number of aromatic nitrogens is 2. The molecule has 0 bridgehead atoms. The van der Waals surface area contributed by atoms with Crippen molar-refractivity contribution in [1.82, 2.24) is 15.1 Å². The number of nitrogens with one attached hydrogen (secondary N) is 1. The average molecular weight is 349 g/mol. The second-order valence-electron chi connectivity index (χ2n) is 6.60. The Morgan fingerprint density at radius 3 is 2.15 bits per heavy atom. The van der Waals surface area contributed by atoms with Crippen LogP contribution < -0.4 is 0 Å². The first-order valence-electron chi connectivity index (χ1n) is 8.98. The van der Waals surface area contributed by atoms with Gasteiger partial charge in [-0.3, -0.25) is 10.00 Å². The van der Waals surface area contributed by atoms with Gasteiger partial charge in [-0.2, -0.15) is 5.10 Å². The number of rotatable bonds is 5. The Labute approximate surface area is 153 Å². The fourth-order valence-corrected chi connectivity index (χ4v) is 3.29. The number of aromatic amines is 1. The monoisotopic (exact) mass is 349 g/mol. The number of aliphatic hydroxyl groups is 1. The van der Waals surface area contributed by atoms with Crippen molar-refractivity contribution in [3.63, 3.8) is 0 Å². The molecule has 0 radical (unpaired) electrons. The Morgan fingerprint density at radius 2 is 1.54 bits per heavy atom. The molecule has 0 spiro atoms. The van der Waals surface area contributed by atoms with Gasteiger partial charge in [0.15, 0.2) is 0 Å². The predicted octanol–water partition coefficient (Wildman–Crippen LogP) is 3.11. The number of ether oxygens (including phenoxy) is 1. The van der Waals surface area contributed by atoms with Crippen molar-refractivity contribution in [1.29, 1.82) is 0 Å². The highest BCUT2D eigenvalue weighted by atomic mass is 16.5. The maximum Gasteiger partial charge on any atom is 0.0916 e. The van der Waals surface area contributed by atoms with E-state index in [9.17, 15) is 5.11 Å². The molecule has 4 rings (SSSR count). The summed E-state index contributed by atoms with van der Waals surface area (Å²) < 4.78 is 5.35. The molecule has 1 atom stereocenters. The zero-order chi connectivity index (χ0) is 17.8. The van der Waals surface area contributed by atoms with Gasteiger partial charge in [0.1, 0.15) is 0 Å². The van der Waals surface area contributed by atoms with Crippen LogP contribution in [0, 0.1) is 0 Å². The molecule has 0 amide bonds. The van der Waals surface area contributed by atoms with E-state index in [0.717, 1.165) is 54.3 Å². The van der Waals surface area contributed by atoms with Gasteiger partial charge in [-0.25, -0.2) is 0 Å². The lowest BCUT2D eigenvalue weighted by Gasteiger charge is -2.28. The number of morpholine rings is 1. The van der Waals surface area contributed by atoms with E-state index in [1.807, 2.05) is 18.2 Å². The summed E-state index contributed by atoms with van der Waals surface area (Å²) in [5.41, 5.74) is 5.38. The van der Waals surface area contributed by atoms with Gasteiger partial charge >= 0.3 is 0 Å². The van der Waals surface area contributed by atoms with Crippen molar-refractivity contribution >= 4 is 0 Å². The molecule has 1 aliphatic heterocycles. The third kappa shape index (κ3) is 3.85. The van der Waals surface area contributed by atoms with E-state index in [1.54, 1.807) is 6.20 Å². The molecule has 0 unspecified atom stereocenters. The van der Waals surface area contributed by atoms with Crippen molar-refractivity contribution in [3.05, 3.63) is 66.4 Å². The van der Waals surface area contributed by atoms with Gasteiger partial charge in [-0.15, -0.1) is 0 Å². The van der Waals surface area contributed by atoms with Crippen molar-refractivity contribution in [2.45, 2.75) is 6.10 Å². The van der Waals surface area contributed by atoms with Crippen molar-refractivity contribution in [2.24, 2.45) is 0 Å². The quantitative estimate of drug-likeness (QED) is 0.743. The topological polar surface area (TPSA) is 61.4 Å². The second kappa shape index (κ2) is 7.83. The summed E-state index contributed by atoms with van der Waals surface area (Å²) in [5, 5.41) is 17.4. The maximum absolute atomic E-state index is 10.5. The minimum atomic E-state index is -0.468. The number of H-pyrrole nitrogens is 1. The van der Waals surface area contributed by atoms with Gasteiger partial charge in [0.25, 0.3) is 0 Å². The molecule has 3 aromatic rings. The third-order valence-corrected chi connectivity index (χ3v) is 4.86. The van der Waals surface area contributed by atoms with Gasteiger partial charge in [-0.05, 0) is 28.3 Å². The Balaban J connectivity index is 1.43.